The molecule has 1 heterocycles. The average molecular weight is 593 g/mol. The van der Waals surface area contributed by atoms with Crippen molar-refractivity contribution in [3.05, 3.63) is 119 Å². The highest BCUT2D eigenvalue weighted by molar-refractivity contribution is 5.99. The van der Waals surface area contributed by atoms with Crippen LogP contribution in [0.4, 0.5) is 0 Å². The molecule has 0 radical (unpaired) electrons. The van der Waals surface area contributed by atoms with Crippen molar-refractivity contribution < 1.29 is 23.7 Å². The third kappa shape index (κ3) is 7.67. The zero-order chi connectivity index (χ0) is 31.1. The summed E-state index contributed by atoms with van der Waals surface area (Å²) < 4.78 is 23.3. The molecule has 0 aromatic heterocycles. The summed E-state index contributed by atoms with van der Waals surface area (Å²) >= 11 is 0. The second-order valence-corrected chi connectivity index (χ2v) is 11.3. The molecular weight excluding hydrogens is 552 g/mol. The Morgan fingerprint density at radius 3 is 1.86 bits per heavy atom. The van der Waals surface area contributed by atoms with Crippen molar-refractivity contribution in [3.63, 3.8) is 0 Å². The summed E-state index contributed by atoms with van der Waals surface area (Å²) in [6.07, 6.45) is 0.818. The molecule has 0 fully saturated rings. The first kappa shape index (κ1) is 30.9. The Morgan fingerprint density at radius 1 is 0.705 bits per heavy atom. The monoisotopic (exact) mass is 592 g/mol. The summed E-state index contributed by atoms with van der Waals surface area (Å²) in [6.45, 7) is 4.01. The summed E-state index contributed by atoms with van der Waals surface area (Å²) in [5.41, 5.74) is 5.86. The molecular formula is C37H40N2O5. The topological polar surface area (TPSA) is 60.5 Å². The highest BCUT2D eigenvalue weighted by Crippen LogP contribution is 2.40. The molecule has 1 aliphatic heterocycles. The molecule has 0 spiro atoms. The first-order valence-corrected chi connectivity index (χ1v) is 14.9. The summed E-state index contributed by atoms with van der Waals surface area (Å²) in [6, 6.07) is 31.1. The Kier molecular flexibility index (Phi) is 10.00. The lowest BCUT2D eigenvalue weighted by Gasteiger charge is -2.25. The quantitative estimate of drug-likeness (QED) is 0.101. The van der Waals surface area contributed by atoms with E-state index in [1.807, 2.05) is 66.7 Å². The molecule has 4 aromatic rings. The Bertz CT molecular complexity index is 1570. The molecule has 0 amide bonds. The number of likely N-dealkylation sites (N-methyl/N-ethyl adjacent to an activating group) is 2. The van der Waals surface area contributed by atoms with Gasteiger partial charge in [-0.1, -0.05) is 55.5 Å². The van der Waals surface area contributed by atoms with E-state index in [0.717, 1.165) is 64.6 Å². The second kappa shape index (κ2) is 14.3. The van der Waals surface area contributed by atoms with Crippen LogP contribution >= 0.6 is 0 Å². The van der Waals surface area contributed by atoms with Gasteiger partial charge in [-0.15, -0.1) is 0 Å². The van der Waals surface area contributed by atoms with Crippen LogP contribution in [0.2, 0.25) is 0 Å². The number of fused-ring (bicyclic) bond motifs is 1. The van der Waals surface area contributed by atoms with Crippen LogP contribution in [0.15, 0.2) is 97.1 Å². The number of carbonyl (C=O) groups is 1. The predicted octanol–water partition coefficient (Wildman–Crippen LogP) is 6.87. The van der Waals surface area contributed by atoms with Crippen LogP contribution in [0.25, 0.3) is 11.1 Å². The normalized spacial score (nSPS) is 12.9. The number of esters is 1. The van der Waals surface area contributed by atoms with Gasteiger partial charge >= 0.3 is 5.97 Å². The summed E-state index contributed by atoms with van der Waals surface area (Å²) in [4.78, 5) is 16.9. The summed E-state index contributed by atoms with van der Waals surface area (Å²) in [7, 11) is 8.23. The van der Waals surface area contributed by atoms with Crippen LogP contribution in [0, 0.1) is 0 Å². The second-order valence-electron chi connectivity index (χ2n) is 11.3. The molecule has 0 aliphatic carbocycles. The molecule has 7 nitrogen and oxygen atoms in total. The third-order valence-electron chi connectivity index (χ3n) is 7.32. The minimum absolute atomic E-state index is 0.0341. The van der Waals surface area contributed by atoms with Crippen LogP contribution in [-0.4, -0.2) is 69.9 Å². The third-order valence-corrected chi connectivity index (χ3v) is 7.32. The molecule has 1 aliphatic rings. The molecule has 7 heteroatoms. The van der Waals surface area contributed by atoms with Crippen molar-refractivity contribution in [2.24, 2.45) is 0 Å². The van der Waals surface area contributed by atoms with Crippen molar-refractivity contribution in [1.82, 2.24) is 9.80 Å². The van der Waals surface area contributed by atoms with E-state index in [4.69, 9.17) is 18.9 Å². The van der Waals surface area contributed by atoms with Crippen molar-refractivity contribution in [1.29, 1.82) is 0 Å². The lowest BCUT2D eigenvalue weighted by molar-refractivity contribution is 0.0734. The first-order chi connectivity index (χ1) is 21.3. The lowest BCUT2D eigenvalue weighted by Crippen LogP contribution is -2.38. The number of benzene rings is 4. The fraction of sp³-hybridized carbons (Fsp3) is 0.270. The number of hydrogen-bond acceptors (Lipinski definition) is 7. The van der Waals surface area contributed by atoms with Crippen LogP contribution < -0.4 is 18.9 Å². The van der Waals surface area contributed by atoms with E-state index in [2.05, 4.69) is 63.1 Å². The van der Waals surface area contributed by atoms with Gasteiger partial charge in [-0.3, -0.25) is 0 Å². The number of rotatable bonds is 12. The lowest BCUT2D eigenvalue weighted by atomic mass is 9.88. The van der Waals surface area contributed by atoms with Gasteiger partial charge in [0.25, 0.3) is 0 Å². The number of carbonyl (C=O) groups excluding carboxylic acids is 1. The van der Waals surface area contributed by atoms with Crippen molar-refractivity contribution in [3.8, 4) is 23.0 Å². The van der Waals surface area contributed by atoms with E-state index in [-0.39, 0.29) is 18.9 Å². The van der Waals surface area contributed by atoms with Gasteiger partial charge in [-0.05, 0) is 111 Å². The summed E-state index contributed by atoms with van der Waals surface area (Å²) in [5.74, 6) is 2.42. The maximum atomic E-state index is 12.6. The SMILES string of the molecule is CCC(=C(c1ccc(OC(=O)c2ccccc2)cc1)c1ccc(OC(CN(C)C)CN(C)C)cc1)c1ccc2c(c1)OCO2. The number of nitrogens with zero attached hydrogens (tertiary/aromatic N) is 2. The van der Waals surface area contributed by atoms with Crippen LogP contribution in [0.5, 0.6) is 23.0 Å². The minimum Gasteiger partial charge on any atom is -0.488 e. The van der Waals surface area contributed by atoms with Gasteiger partial charge in [-0.2, -0.15) is 0 Å². The zero-order valence-corrected chi connectivity index (χ0v) is 26.1. The van der Waals surface area contributed by atoms with Gasteiger partial charge in [0.2, 0.25) is 6.79 Å². The zero-order valence-electron chi connectivity index (χ0n) is 26.1. The number of allylic oxidation sites excluding steroid dienone is 1. The molecule has 0 atom stereocenters. The Labute approximate surface area is 260 Å². The van der Waals surface area contributed by atoms with Gasteiger partial charge in [0.05, 0.1) is 5.56 Å². The van der Waals surface area contributed by atoms with Crippen LogP contribution in [0.3, 0.4) is 0 Å². The van der Waals surface area contributed by atoms with E-state index in [1.165, 1.54) is 0 Å². The van der Waals surface area contributed by atoms with Gasteiger partial charge in [0.15, 0.2) is 11.5 Å². The highest BCUT2D eigenvalue weighted by atomic mass is 16.7. The standard InChI is InChI=1S/C37H40N2O5/c1-6-33(29-16-21-34-35(22-29)42-25-41-34)36(26-12-17-30(18-13-26)43-32(23-38(2)3)24-39(4)5)27-14-19-31(20-15-27)44-37(40)28-10-8-7-9-11-28/h7-22,32H,6,23-25H2,1-5H3. The fourth-order valence-corrected chi connectivity index (χ4v) is 5.39. The number of ether oxygens (including phenoxy) is 4. The largest absolute Gasteiger partial charge is 0.488 e. The molecule has 0 bridgehead atoms. The van der Waals surface area contributed by atoms with E-state index >= 15 is 0 Å². The maximum absolute atomic E-state index is 12.6. The van der Waals surface area contributed by atoms with Gasteiger partial charge in [-0.25, -0.2) is 4.79 Å². The van der Waals surface area contributed by atoms with Crippen molar-refractivity contribution >= 4 is 17.1 Å². The molecule has 0 unspecified atom stereocenters. The maximum Gasteiger partial charge on any atom is 0.343 e. The molecule has 5 rings (SSSR count). The molecule has 228 valence electrons. The Morgan fingerprint density at radius 2 is 1.27 bits per heavy atom. The van der Waals surface area contributed by atoms with Crippen molar-refractivity contribution in [2.45, 2.75) is 19.4 Å². The number of hydrogen-bond donors (Lipinski definition) is 0. The van der Waals surface area contributed by atoms with Gasteiger partial charge in [0, 0.05) is 13.1 Å². The molecule has 0 saturated carbocycles. The Balaban J connectivity index is 1.49. The molecule has 44 heavy (non-hydrogen) atoms. The molecule has 0 saturated heterocycles. The average Bonchev–Trinajstić information content (AvgIpc) is 3.49. The fourth-order valence-electron chi connectivity index (χ4n) is 5.39. The van der Waals surface area contributed by atoms with E-state index in [0.29, 0.717) is 11.3 Å². The van der Waals surface area contributed by atoms with Crippen molar-refractivity contribution in [2.75, 3.05) is 48.1 Å². The predicted molar refractivity (Wildman–Crippen MR) is 175 cm³/mol. The minimum atomic E-state index is -0.388. The van der Waals surface area contributed by atoms with E-state index in [1.54, 1.807) is 12.1 Å². The summed E-state index contributed by atoms with van der Waals surface area (Å²) in [5, 5.41) is 0. The first-order valence-electron chi connectivity index (χ1n) is 14.9. The smallest absolute Gasteiger partial charge is 0.343 e. The van der Waals surface area contributed by atoms with Gasteiger partial charge < -0.3 is 28.7 Å². The molecule has 0 N–H and O–H groups in total. The van der Waals surface area contributed by atoms with Crippen LogP contribution in [0.1, 0.15) is 40.4 Å². The van der Waals surface area contributed by atoms with E-state index in [9.17, 15) is 4.79 Å². The van der Waals surface area contributed by atoms with Crippen LogP contribution in [-0.2, 0) is 0 Å². The molecule has 4 aromatic carbocycles. The Hall–Kier alpha value is -4.59. The van der Waals surface area contributed by atoms with E-state index < -0.39 is 0 Å². The van der Waals surface area contributed by atoms with Gasteiger partial charge in [0.1, 0.15) is 17.6 Å². The highest BCUT2D eigenvalue weighted by Gasteiger charge is 2.19.